The fraction of sp³-hybridized carbons (Fsp3) is 0.278. The topological polar surface area (TPSA) is 83.1 Å². The second-order valence-electron chi connectivity index (χ2n) is 6.16. The van der Waals surface area contributed by atoms with Crippen LogP contribution in [0, 0.1) is 0 Å². The molecule has 134 valence electrons. The van der Waals surface area contributed by atoms with Crippen LogP contribution in [-0.2, 0) is 6.54 Å². The lowest BCUT2D eigenvalue weighted by atomic mass is 10.1. The predicted octanol–water partition coefficient (Wildman–Crippen LogP) is 3.20. The SMILES string of the molecule is COc1cnc(-c2cc3[nH]c(CNC(=O)N4CCC4)cc3cc2Cl)cn1. The Labute approximate surface area is 155 Å². The summed E-state index contributed by atoms with van der Waals surface area (Å²) < 4.78 is 5.03. The quantitative estimate of drug-likeness (QED) is 0.737. The molecule has 2 aromatic heterocycles. The number of H-pyrrole nitrogens is 1. The van der Waals surface area contributed by atoms with Crippen LogP contribution >= 0.6 is 11.6 Å². The summed E-state index contributed by atoms with van der Waals surface area (Å²) in [6.07, 6.45) is 4.26. The van der Waals surface area contributed by atoms with Crippen molar-refractivity contribution < 1.29 is 9.53 Å². The molecule has 0 spiro atoms. The Kier molecular flexibility index (Phi) is 4.38. The van der Waals surface area contributed by atoms with E-state index < -0.39 is 0 Å². The summed E-state index contributed by atoms with van der Waals surface area (Å²) in [6, 6.07) is 5.79. The summed E-state index contributed by atoms with van der Waals surface area (Å²) in [7, 11) is 1.55. The van der Waals surface area contributed by atoms with Crippen LogP contribution in [0.4, 0.5) is 4.79 Å². The number of urea groups is 1. The Morgan fingerprint density at radius 2 is 2.15 bits per heavy atom. The van der Waals surface area contributed by atoms with Crippen molar-refractivity contribution in [3.8, 4) is 17.1 Å². The van der Waals surface area contributed by atoms with Gasteiger partial charge in [-0.3, -0.25) is 0 Å². The number of hydrogen-bond donors (Lipinski definition) is 2. The summed E-state index contributed by atoms with van der Waals surface area (Å²) >= 11 is 6.43. The van der Waals surface area contributed by atoms with Gasteiger partial charge in [-0.1, -0.05) is 11.6 Å². The molecule has 2 amide bonds. The number of halogens is 1. The molecule has 1 fully saturated rings. The van der Waals surface area contributed by atoms with Gasteiger partial charge in [0.2, 0.25) is 5.88 Å². The van der Waals surface area contributed by atoms with E-state index in [1.54, 1.807) is 24.4 Å². The summed E-state index contributed by atoms with van der Waals surface area (Å²) in [5.74, 6) is 0.450. The first-order valence-corrected chi connectivity index (χ1v) is 8.72. The largest absolute Gasteiger partial charge is 0.480 e. The number of hydrogen-bond acceptors (Lipinski definition) is 4. The molecule has 1 aliphatic rings. The molecule has 8 heteroatoms. The van der Waals surface area contributed by atoms with Crippen LogP contribution in [0.15, 0.2) is 30.6 Å². The van der Waals surface area contributed by atoms with Gasteiger partial charge in [0.25, 0.3) is 0 Å². The van der Waals surface area contributed by atoms with E-state index in [0.29, 0.717) is 23.1 Å². The highest BCUT2D eigenvalue weighted by molar-refractivity contribution is 6.34. The van der Waals surface area contributed by atoms with Gasteiger partial charge in [0.15, 0.2) is 0 Å². The number of likely N-dealkylation sites (tertiary alicyclic amines) is 1. The number of amides is 2. The molecule has 4 rings (SSSR count). The number of methoxy groups -OCH3 is 1. The van der Waals surface area contributed by atoms with E-state index in [4.69, 9.17) is 16.3 Å². The second kappa shape index (κ2) is 6.84. The average Bonchev–Trinajstić information content (AvgIpc) is 2.99. The van der Waals surface area contributed by atoms with Crippen molar-refractivity contribution in [2.45, 2.75) is 13.0 Å². The number of fused-ring (bicyclic) bond motifs is 1. The molecule has 0 bridgehead atoms. The van der Waals surface area contributed by atoms with Gasteiger partial charge in [0.05, 0.1) is 36.8 Å². The number of carbonyl (C=O) groups excluding carboxylic acids is 1. The third-order valence-electron chi connectivity index (χ3n) is 4.45. The van der Waals surface area contributed by atoms with Crippen LogP contribution in [0.25, 0.3) is 22.2 Å². The Morgan fingerprint density at radius 1 is 1.31 bits per heavy atom. The number of nitrogens with one attached hydrogen (secondary N) is 2. The predicted molar refractivity (Wildman–Crippen MR) is 99.3 cm³/mol. The van der Waals surface area contributed by atoms with E-state index >= 15 is 0 Å². The van der Waals surface area contributed by atoms with Crippen LogP contribution in [-0.4, -0.2) is 46.1 Å². The molecule has 0 aliphatic carbocycles. The van der Waals surface area contributed by atoms with Gasteiger partial charge in [-0.15, -0.1) is 0 Å². The van der Waals surface area contributed by atoms with Crippen molar-refractivity contribution in [1.82, 2.24) is 25.2 Å². The maximum Gasteiger partial charge on any atom is 0.317 e. The van der Waals surface area contributed by atoms with Crippen molar-refractivity contribution in [2.75, 3.05) is 20.2 Å². The molecule has 0 radical (unpaired) electrons. The molecule has 1 saturated heterocycles. The molecular formula is C18H18ClN5O2. The minimum absolute atomic E-state index is 0.0258. The zero-order valence-corrected chi connectivity index (χ0v) is 15.0. The van der Waals surface area contributed by atoms with Gasteiger partial charge >= 0.3 is 6.03 Å². The second-order valence-corrected chi connectivity index (χ2v) is 6.56. The molecule has 0 atom stereocenters. The minimum atomic E-state index is -0.0258. The lowest BCUT2D eigenvalue weighted by Crippen LogP contribution is -2.47. The van der Waals surface area contributed by atoms with Crippen LogP contribution in [0.5, 0.6) is 5.88 Å². The number of ether oxygens (including phenoxy) is 1. The number of benzene rings is 1. The van der Waals surface area contributed by atoms with Crippen molar-refractivity contribution >= 4 is 28.5 Å². The zero-order chi connectivity index (χ0) is 18.1. The third kappa shape index (κ3) is 3.17. The van der Waals surface area contributed by atoms with Gasteiger partial charge in [-0.05, 0) is 24.6 Å². The van der Waals surface area contributed by atoms with E-state index in [1.165, 1.54) is 0 Å². The fourth-order valence-electron chi connectivity index (χ4n) is 2.87. The molecular weight excluding hydrogens is 354 g/mol. The minimum Gasteiger partial charge on any atom is -0.480 e. The maximum absolute atomic E-state index is 11.9. The van der Waals surface area contributed by atoms with Gasteiger partial charge in [-0.25, -0.2) is 14.8 Å². The highest BCUT2D eigenvalue weighted by Gasteiger charge is 2.19. The Morgan fingerprint density at radius 3 is 2.81 bits per heavy atom. The van der Waals surface area contributed by atoms with E-state index in [2.05, 4.69) is 20.3 Å². The monoisotopic (exact) mass is 371 g/mol. The van der Waals surface area contributed by atoms with Gasteiger partial charge in [-0.2, -0.15) is 0 Å². The number of nitrogens with zero attached hydrogens (tertiary/aromatic N) is 3. The molecule has 7 nitrogen and oxygen atoms in total. The van der Waals surface area contributed by atoms with Crippen LogP contribution in [0.1, 0.15) is 12.1 Å². The van der Waals surface area contributed by atoms with Crippen LogP contribution in [0.3, 0.4) is 0 Å². The van der Waals surface area contributed by atoms with Crippen LogP contribution in [0.2, 0.25) is 5.02 Å². The normalized spacial score (nSPS) is 13.5. The maximum atomic E-state index is 11.9. The van der Waals surface area contributed by atoms with E-state index in [0.717, 1.165) is 41.7 Å². The smallest absolute Gasteiger partial charge is 0.317 e. The Bertz CT molecular complexity index is 950. The summed E-state index contributed by atoms with van der Waals surface area (Å²) in [4.78, 5) is 25.5. The first-order valence-electron chi connectivity index (χ1n) is 8.34. The first-order chi connectivity index (χ1) is 12.6. The van der Waals surface area contributed by atoms with E-state index in [9.17, 15) is 4.79 Å². The van der Waals surface area contributed by atoms with Gasteiger partial charge in [0, 0.05) is 35.2 Å². The Balaban J connectivity index is 1.56. The standard InChI is InChI=1S/C18H18ClN5O2/c1-26-17-10-20-16(9-21-17)13-7-15-11(6-14(13)19)5-12(23-15)8-22-18(25)24-3-2-4-24/h5-7,9-10,23H,2-4,8H2,1H3,(H,22,25). The number of carbonyl (C=O) groups is 1. The van der Waals surface area contributed by atoms with Gasteiger partial charge in [0.1, 0.15) is 0 Å². The average molecular weight is 372 g/mol. The van der Waals surface area contributed by atoms with Gasteiger partial charge < -0.3 is 19.9 Å². The first kappa shape index (κ1) is 16.7. The van der Waals surface area contributed by atoms with Crippen molar-refractivity contribution in [3.05, 3.63) is 41.3 Å². The molecule has 3 heterocycles. The molecule has 0 unspecified atom stereocenters. The highest BCUT2D eigenvalue weighted by Crippen LogP contribution is 2.31. The van der Waals surface area contributed by atoms with Crippen molar-refractivity contribution in [1.29, 1.82) is 0 Å². The fourth-order valence-corrected chi connectivity index (χ4v) is 3.14. The molecule has 26 heavy (non-hydrogen) atoms. The van der Waals surface area contributed by atoms with E-state index in [-0.39, 0.29) is 6.03 Å². The molecule has 0 saturated carbocycles. The molecule has 1 aromatic carbocycles. The van der Waals surface area contributed by atoms with Crippen molar-refractivity contribution in [2.24, 2.45) is 0 Å². The zero-order valence-electron chi connectivity index (χ0n) is 14.3. The lowest BCUT2D eigenvalue weighted by Gasteiger charge is -2.30. The lowest BCUT2D eigenvalue weighted by molar-refractivity contribution is 0.167. The molecule has 1 aliphatic heterocycles. The number of rotatable bonds is 4. The number of aromatic nitrogens is 3. The van der Waals surface area contributed by atoms with E-state index in [1.807, 2.05) is 18.2 Å². The number of aromatic amines is 1. The molecule has 2 N–H and O–H groups in total. The third-order valence-corrected chi connectivity index (χ3v) is 4.76. The van der Waals surface area contributed by atoms with Crippen molar-refractivity contribution in [3.63, 3.8) is 0 Å². The van der Waals surface area contributed by atoms with Crippen LogP contribution < -0.4 is 10.1 Å². The summed E-state index contributed by atoms with van der Waals surface area (Å²) in [6.45, 7) is 2.11. The highest BCUT2D eigenvalue weighted by atomic mass is 35.5. The Hall–Kier alpha value is -2.80. The summed E-state index contributed by atoms with van der Waals surface area (Å²) in [5, 5.41) is 4.49. The summed E-state index contributed by atoms with van der Waals surface area (Å²) in [5.41, 5.74) is 3.30. The molecule has 3 aromatic rings.